The molecule has 0 fully saturated rings. The zero-order chi connectivity index (χ0) is 43.3. The highest BCUT2D eigenvalue weighted by Crippen LogP contribution is 2.45. The van der Waals surface area contributed by atoms with Crippen LogP contribution in [0.1, 0.15) is 0 Å². The summed E-state index contributed by atoms with van der Waals surface area (Å²) < 4.78 is 4.96. The van der Waals surface area contributed by atoms with Crippen LogP contribution in [-0.4, -0.2) is 24.1 Å². The van der Waals surface area contributed by atoms with Gasteiger partial charge in [-0.3, -0.25) is 0 Å². The molecule has 5 heteroatoms. The van der Waals surface area contributed by atoms with Crippen LogP contribution in [0, 0.1) is 0 Å². The van der Waals surface area contributed by atoms with E-state index in [0.29, 0.717) is 17.5 Å². The van der Waals surface area contributed by atoms with E-state index in [1.165, 1.54) is 59.8 Å². The summed E-state index contributed by atoms with van der Waals surface area (Å²) in [5.41, 5.74) is 9.75. The van der Waals surface area contributed by atoms with Gasteiger partial charge in [0.2, 0.25) is 0 Å². The maximum Gasteiger partial charge on any atom is 0.164 e. The van der Waals surface area contributed by atoms with Gasteiger partial charge in [0.15, 0.2) is 17.5 Å². The Bertz CT molecular complexity index is 4240. The Kier molecular flexibility index (Phi) is 7.91. The average Bonchev–Trinajstić information content (AvgIpc) is 3.90. The fourth-order valence-electron chi connectivity index (χ4n) is 10.6. The first-order valence-electron chi connectivity index (χ1n) is 22.4. The van der Waals surface area contributed by atoms with Gasteiger partial charge in [0, 0.05) is 49.0 Å². The molecule has 3 heterocycles. The molecule has 0 radical (unpaired) electrons. The molecule has 0 N–H and O–H groups in total. The molecule has 0 spiro atoms. The van der Waals surface area contributed by atoms with E-state index >= 15 is 0 Å². The van der Waals surface area contributed by atoms with Gasteiger partial charge < -0.3 is 9.13 Å². The molecule has 306 valence electrons. The topological polar surface area (TPSA) is 48.5 Å². The Labute approximate surface area is 379 Å². The minimum Gasteiger partial charge on any atom is -0.309 e. The molecule has 0 atom stereocenters. The highest BCUT2D eigenvalue weighted by molar-refractivity contribution is 6.22. The van der Waals surface area contributed by atoms with Crippen LogP contribution >= 0.6 is 0 Å². The number of para-hydroxylation sites is 3. The van der Waals surface area contributed by atoms with Gasteiger partial charge in [-0.1, -0.05) is 182 Å². The van der Waals surface area contributed by atoms with Crippen molar-refractivity contribution >= 4 is 86.7 Å². The number of hydrogen-bond acceptors (Lipinski definition) is 3. The van der Waals surface area contributed by atoms with E-state index in [2.05, 4.69) is 215 Å². The number of aromatic nitrogens is 5. The van der Waals surface area contributed by atoms with Crippen LogP contribution in [0.2, 0.25) is 0 Å². The molecule has 14 rings (SSSR count). The van der Waals surface area contributed by atoms with E-state index in [-0.39, 0.29) is 0 Å². The molecule has 0 aliphatic carbocycles. The number of rotatable bonds is 5. The Hall–Kier alpha value is -8.93. The average molecular weight is 840 g/mol. The Morgan fingerprint density at radius 3 is 1.53 bits per heavy atom. The first-order valence-corrected chi connectivity index (χ1v) is 22.4. The van der Waals surface area contributed by atoms with Crippen molar-refractivity contribution < 1.29 is 0 Å². The van der Waals surface area contributed by atoms with Crippen LogP contribution in [0.3, 0.4) is 0 Å². The number of nitrogens with zero attached hydrogens (tertiary/aromatic N) is 5. The minimum atomic E-state index is 0.620. The van der Waals surface area contributed by atoms with Crippen molar-refractivity contribution in [1.82, 2.24) is 24.1 Å². The summed E-state index contributed by atoms with van der Waals surface area (Å²) in [5, 5.41) is 14.1. The maximum absolute atomic E-state index is 5.35. The standard InChI is InChI=1S/C61H37N5/c1-2-17-39(18-3-1)59-62-60(64-61(63-59)51-35-40-19-4-6-22-43(40)45-24-8-9-25-46(45)51)42-34-33-38-21-16-32-55(50(38)36-42)65-54-31-15-12-28-49(54)57-56(65)37-41-20-5-7-23-44(41)58(57)66-52-29-13-10-26-47(52)48-27-11-14-30-53(48)66/h1-37H. The fourth-order valence-corrected chi connectivity index (χ4v) is 10.6. The van der Waals surface area contributed by atoms with Gasteiger partial charge >= 0.3 is 0 Å². The number of benzene rings is 11. The van der Waals surface area contributed by atoms with E-state index < -0.39 is 0 Å². The largest absolute Gasteiger partial charge is 0.309 e. The minimum absolute atomic E-state index is 0.620. The lowest BCUT2D eigenvalue weighted by Gasteiger charge is -2.16. The summed E-state index contributed by atoms with van der Waals surface area (Å²) in [6, 6.07) is 80.5. The molecule has 0 saturated carbocycles. The van der Waals surface area contributed by atoms with Crippen LogP contribution in [0.4, 0.5) is 0 Å². The molecule has 5 nitrogen and oxygen atoms in total. The second-order valence-electron chi connectivity index (χ2n) is 17.1. The number of fused-ring (bicyclic) bond motifs is 11. The molecular weight excluding hydrogens is 803 g/mol. The third-order valence-corrected chi connectivity index (χ3v) is 13.5. The molecule has 0 aliphatic heterocycles. The highest BCUT2D eigenvalue weighted by atomic mass is 15.0. The first-order chi connectivity index (χ1) is 32.7. The van der Waals surface area contributed by atoms with Gasteiger partial charge in [0.25, 0.3) is 0 Å². The second kappa shape index (κ2) is 14.3. The van der Waals surface area contributed by atoms with E-state index in [1.54, 1.807) is 0 Å². The predicted molar refractivity (Wildman–Crippen MR) is 275 cm³/mol. The smallest absolute Gasteiger partial charge is 0.164 e. The van der Waals surface area contributed by atoms with E-state index in [0.717, 1.165) is 55.0 Å². The van der Waals surface area contributed by atoms with Crippen molar-refractivity contribution in [1.29, 1.82) is 0 Å². The van der Waals surface area contributed by atoms with Gasteiger partial charge in [0.1, 0.15) is 0 Å². The van der Waals surface area contributed by atoms with Crippen LogP contribution in [-0.2, 0) is 0 Å². The summed E-state index contributed by atoms with van der Waals surface area (Å²) in [7, 11) is 0. The molecule has 0 aliphatic rings. The quantitative estimate of drug-likeness (QED) is 0.162. The third-order valence-electron chi connectivity index (χ3n) is 13.5. The van der Waals surface area contributed by atoms with E-state index in [4.69, 9.17) is 15.0 Å². The van der Waals surface area contributed by atoms with E-state index in [1.807, 2.05) is 18.2 Å². The van der Waals surface area contributed by atoms with Crippen molar-refractivity contribution in [3.05, 3.63) is 224 Å². The van der Waals surface area contributed by atoms with Crippen molar-refractivity contribution in [3.63, 3.8) is 0 Å². The van der Waals surface area contributed by atoms with Gasteiger partial charge in [-0.2, -0.15) is 0 Å². The lowest BCUT2D eigenvalue weighted by molar-refractivity contribution is 1.08. The van der Waals surface area contributed by atoms with Crippen molar-refractivity contribution in [3.8, 4) is 45.5 Å². The van der Waals surface area contributed by atoms with Gasteiger partial charge in [-0.05, 0) is 74.8 Å². The van der Waals surface area contributed by atoms with Crippen LogP contribution in [0.15, 0.2) is 224 Å². The SMILES string of the molecule is c1ccc(-c2nc(-c3ccc4cccc(-n5c6ccccc6c6c(-n7c8ccccc8c8ccccc87)c7ccccc7cc65)c4c3)nc(-c3cc4ccccc4c4ccccc34)n2)cc1. The molecule has 0 bridgehead atoms. The van der Waals surface area contributed by atoms with Crippen molar-refractivity contribution in [2.24, 2.45) is 0 Å². The van der Waals surface area contributed by atoms with Gasteiger partial charge in [0.05, 0.1) is 33.4 Å². The molecule has 0 amide bonds. The fraction of sp³-hybridized carbons (Fsp3) is 0. The Morgan fingerprint density at radius 2 is 0.803 bits per heavy atom. The lowest BCUT2D eigenvalue weighted by atomic mass is 9.97. The van der Waals surface area contributed by atoms with Crippen molar-refractivity contribution in [2.75, 3.05) is 0 Å². The second-order valence-corrected chi connectivity index (χ2v) is 17.1. The zero-order valence-electron chi connectivity index (χ0n) is 35.6. The number of hydrogen-bond donors (Lipinski definition) is 0. The Balaban J connectivity index is 1.04. The zero-order valence-corrected chi connectivity index (χ0v) is 35.6. The molecular formula is C61H37N5. The van der Waals surface area contributed by atoms with Crippen LogP contribution in [0.25, 0.3) is 132 Å². The molecule has 0 saturated heterocycles. The van der Waals surface area contributed by atoms with E-state index in [9.17, 15) is 0 Å². The molecule has 3 aromatic heterocycles. The lowest BCUT2D eigenvalue weighted by Crippen LogP contribution is -2.01. The normalized spacial score (nSPS) is 11.9. The van der Waals surface area contributed by atoms with Crippen molar-refractivity contribution in [2.45, 2.75) is 0 Å². The van der Waals surface area contributed by atoms with Crippen LogP contribution < -0.4 is 0 Å². The molecule has 66 heavy (non-hydrogen) atoms. The van der Waals surface area contributed by atoms with Crippen LogP contribution in [0.5, 0.6) is 0 Å². The first kappa shape index (κ1) is 36.5. The maximum atomic E-state index is 5.35. The third kappa shape index (κ3) is 5.44. The monoisotopic (exact) mass is 839 g/mol. The van der Waals surface area contributed by atoms with Gasteiger partial charge in [-0.15, -0.1) is 0 Å². The molecule has 14 aromatic rings. The molecule has 0 unspecified atom stereocenters. The summed E-state index contributed by atoms with van der Waals surface area (Å²) in [5.74, 6) is 1.89. The van der Waals surface area contributed by atoms with Gasteiger partial charge in [-0.25, -0.2) is 15.0 Å². The summed E-state index contributed by atoms with van der Waals surface area (Å²) in [6.07, 6.45) is 0. The molecule has 11 aromatic carbocycles. The highest BCUT2D eigenvalue weighted by Gasteiger charge is 2.23. The summed E-state index contributed by atoms with van der Waals surface area (Å²) in [4.78, 5) is 15.8. The summed E-state index contributed by atoms with van der Waals surface area (Å²) in [6.45, 7) is 0. The summed E-state index contributed by atoms with van der Waals surface area (Å²) >= 11 is 0. The predicted octanol–water partition coefficient (Wildman–Crippen LogP) is 15.7. The Morgan fingerprint density at radius 1 is 0.273 bits per heavy atom.